The molecular formula is C13H9F3N4. The number of rotatable bonds is 2. The first-order valence-electron chi connectivity index (χ1n) is 5.70. The number of H-pyrrole nitrogens is 1. The maximum Gasteiger partial charge on any atom is 0.205 e. The minimum atomic E-state index is -1.04. The number of aromatic amines is 1. The van der Waals surface area contributed by atoms with Gasteiger partial charge in [0.15, 0.2) is 11.6 Å². The first-order valence-corrected chi connectivity index (χ1v) is 5.70. The summed E-state index contributed by atoms with van der Waals surface area (Å²) in [7, 11) is 0. The normalized spacial score (nSPS) is 10.9. The zero-order valence-electron chi connectivity index (χ0n) is 10.0. The predicted molar refractivity (Wildman–Crippen MR) is 70.1 cm³/mol. The van der Waals surface area contributed by atoms with Gasteiger partial charge in [0.2, 0.25) is 5.95 Å². The van der Waals surface area contributed by atoms with Crippen molar-refractivity contribution in [1.82, 2.24) is 9.97 Å². The number of nitrogens with one attached hydrogen (secondary N) is 2. The molecule has 0 aliphatic rings. The third-order valence-corrected chi connectivity index (χ3v) is 2.76. The van der Waals surface area contributed by atoms with E-state index in [2.05, 4.69) is 15.3 Å². The molecule has 0 saturated heterocycles. The minimum Gasteiger partial charge on any atom is -0.399 e. The van der Waals surface area contributed by atoms with Gasteiger partial charge in [0.1, 0.15) is 11.5 Å². The summed E-state index contributed by atoms with van der Waals surface area (Å²) in [5.41, 5.74) is 6.89. The molecule has 4 nitrogen and oxygen atoms in total. The Hall–Kier alpha value is -2.70. The number of halogens is 3. The van der Waals surface area contributed by atoms with E-state index >= 15 is 0 Å². The summed E-state index contributed by atoms with van der Waals surface area (Å²) >= 11 is 0. The molecule has 0 spiro atoms. The number of imidazole rings is 1. The summed E-state index contributed by atoms with van der Waals surface area (Å²) in [4.78, 5) is 6.93. The fourth-order valence-corrected chi connectivity index (χ4v) is 1.87. The number of nitrogen functional groups attached to an aromatic ring is 1. The fourth-order valence-electron chi connectivity index (χ4n) is 1.87. The Kier molecular flexibility index (Phi) is 2.74. The van der Waals surface area contributed by atoms with Crippen molar-refractivity contribution >= 4 is 28.4 Å². The number of nitrogens with zero attached hydrogens (tertiary/aromatic N) is 1. The molecule has 1 aromatic heterocycles. The summed E-state index contributed by atoms with van der Waals surface area (Å²) in [5, 5.41) is 2.45. The number of fused-ring (bicyclic) bond motifs is 1. The van der Waals surface area contributed by atoms with Crippen molar-refractivity contribution in [3.05, 3.63) is 47.8 Å². The van der Waals surface area contributed by atoms with Gasteiger partial charge in [0.05, 0.1) is 11.0 Å². The van der Waals surface area contributed by atoms with Crippen molar-refractivity contribution in [3.63, 3.8) is 0 Å². The molecule has 0 radical (unpaired) electrons. The van der Waals surface area contributed by atoms with Gasteiger partial charge >= 0.3 is 0 Å². The van der Waals surface area contributed by atoms with Gasteiger partial charge in [-0.05, 0) is 18.2 Å². The van der Waals surface area contributed by atoms with Crippen LogP contribution in [-0.4, -0.2) is 9.97 Å². The van der Waals surface area contributed by atoms with Gasteiger partial charge in [0.25, 0.3) is 0 Å². The quantitative estimate of drug-likeness (QED) is 0.630. The molecule has 3 rings (SSSR count). The lowest BCUT2D eigenvalue weighted by Crippen LogP contribution is -1.99. The van der Waals surface area contributed by atoms with Gasteiger partial charge in [-0.2, -0.15) is 0 Å². The molecule has 102 valence electrons. The Labute approximate surface area is 111 Å². The van der Waals surface area contributed by atoms with Gasteiger partial charge in [-0.15, -0.1) is 0 Å². The Morgan fingerprint density at radius 2 is 1.75 bits per heavy atom. The third kappa shape index (κ3) is 2.13. The van der Waals surface area contributed by atoms with E-state index in [-0.39, 0.29) is 5.95 Å². The van der Waals surface area contributed by atoms with E-state index < -0.39 is 23.1 Å². The second-order valence-corrected chi connectivity index (χ2v) is 4.23. The lowest BCUT2D eigenvalue weighted by molar-refractivity contribution is 0.548. The first-order chi connectivity index (χ1) is 9.52. The number of aromatic nitrogens is 2. The highest BCUT2D eigenvalue weighted by molar-refractivity contribution is 5.81. The SMILES string of the molecule is Nc1ccc2nc(Nc3c(F)cc(F)cc3F)[nH]c2c1. The van der Waals surface area contributed by atoms with Crippen molar-refractivity contribution in [2.45, 2.75) is 0 Å². The van der Waals surface area contributed by atoms with E-state index in [1.807, 2.05) is 0 Å². The minimum absolute atomic E-state index is 0.134. The molecule has 7 heteroatoms. The lowest BCUT2D eigenvalue weighted by Gasteiger charge is -2.05. The number of benzene rings is 2. The van der Waals surface area contributed by atoms with Gasteiger partial charge in [-0.3, -0.25) is 0 Å². The highest BCUT2D eigenvalue weighted by atomic mass is 19.1. The van der Waals surface area contributed by atoms with Crippen molar-refractivity contribution in [3.8, 4) is 0 Å². The summed E-state index contributed by atoms with van der Waals surface area (Å²) in [6.45, 7) is 0. The summed E-state index contributed by atoms with van der Waals surface area (Å²) in [5.74, 6) is -2.93. The van der Waals surface area contributed by atoms with Crippen LogP contribution in [0.5, 0.6) is 0 Å². The van der Waals surface area contributed by atoms with E-state index in [0.29, 0.717) is 28.9 Å². The maximum atomic E-state index is 13.5. The molecule has 0 aliphatic carbocycles. The van der Waals surface area contributed by atoms with Gasteiger partial charge in [-0.25, -0.2) is 18.2 Å². The highest BCUT2D eigenvalue weighted by Gasteiger charge is 2.13. The van der Waals surface area contributed by atoms with Gasteiger partial charge in [-0.1, -0.05) is 0 Å². The molecule has 3 aromatic rings. The molecule has 0 unspecified atom stereocenters. The van der Waals surface area contributed by atoms with Gasteiger partial charge < -0.3 is 16.0 Å². The van der Waals surface area contributed by atoms with Crippen molar-refractivity contribution < 1.29 is 13.2 Å². The first kappa shape index (κ1) is 12.3. The van der Waals surface area contributed by atoms with Crippen molar-refractivity contribution in [2.24, 2.45) is 0 Å². The van der Waals surface area contributed by atoms with E-state index in [0.717, 1.165) is 0 Å². The number of nitrogens with two attached hydrogens (primary N) is 1. The topological polar surface area (TPSA) is 66.7 Å². The fraction of sp³-hybridized carbons (Fsp3) is 0. The summed E-state index contributed by atoms with van der Waals surface area (Å²) in [6.07, 6.45) is 0. The Morgan fingerprint density at radius 3 is 2.45 bits per heavy atom. The average Bonchev–Trinajstić information content (AvgIpc) is 2.75. The summed E-state index contributed by atoms with van der Waals surface area (Å²) < 4.78 is 39.8. The Morgan fingerprint density at radius 1 is 1.05 bits per heavy atom. The second kappa shape index (κ2) is 4.44. The smallest absolute Gasteiger partial charge is 0.205 e. The zero-order chi connectivity index (χ0) is 14.3. The third-order valence-electron chi connectivity index (χ3n) is 2.76. The van der Waals surface area contributed by atoms with Crippen LogP contribution in [0.25, 0.3) is 11.0 Å². The molecule has 0 amide bonds. The van der Waals surface area contributed by atoms with Crippen LogP contribution in [0, 0.1) is 17.5 Å². The van der Waals surface area contributed by atoms with E-state index in [9.17, 15) is 13.2 Å². The maximum absolute atomic E-state index is 13.5. The lowest BCUT2D eigenvalue weighted by atomic mass is 10.3. The van der Waals surface area contributed by atoms with E-state index in [1.165, 1.54) is 0 Å². The molecule has 1 heterocycles. The second-order valence-electron chi connectivity index (χ2n) is 4.23. The molecule has 20 heavy (non-hydrogen) atoms. The molecule has 0 bridgehead atoms. The highest BCUT2D eigenvalue weighted by Crippen LogP contribution is 2.25. The van der Waals surface area contributed by atoms with Crippen LogP contribution < -0.4 is 11.1 Å². The molecule has 0 aliphatic heterocycles. The van der Waals surface area contributed by atoms with Crippen molar-refractivity contribution in [1.29, 1.82) is 0 Å². The molecule has 0 atom stereocenters. The molecule has 0 fully saturated rings. The standard InChI is InChI=1S/C13H9F3N4/c14-6-3-8(15)12(9(16)4-6)20-13-18-10-2-1-7(17)5-11(10)19-13/h1-5H,17H2,(H2,18,19,20). The molecule has 0 saturated carbocycles. The van der Waals surface area contributed by atoms with Crippen LogP contribution in [0.3, 0.4) is 0 Å². The van der Waals surface area contributed by atoms with Crippen LogP contribution in [0.15, 0.2) is 30.3 Å². The van der Waals surface area contributed by atoms with Crippen molar-refractivity contribution in [2.75, 3.05) is 11.1 Å². The van der Waals surface area contributed by atoms with Crippen LogP contribution in [0.2, 0.25) is 0 Å². The molecular weight excluding hydrogens is 269 g/mol. The largest absolute Gasteiger partial charge is 0.399 e. The van der Waals surface area contributed by atoms with Crippen LogP contribution in [-0.2, 0) is 0 Å². The predicted octanol–water partition coefficient (Wildman–Crippen LogP) is 3.31. The van der Waals surface area contributed by atoms with Gasteiger partial charge in [0, 0.05) is 17.8 Å². The van der Waals surface area contributed by atoms with Crippen LogP contribution >= 0.6 is 0 Å². The number of hydrogen-bond donors (Lipinski definition) is 3. The molecule has 4 N–H and O–H groups in total. The Balaban J connectivity index is 2.01. The monoisotopic (exact) mass is 278 g/mol. The van der Waals surface area contributed by atoms with E-state index in [4.69, 9.17) is 5.73 Å². The van der Waals surface area contributed by atoms with E-state index in [1.54, 1.807) is 18.2 Å². The number of hydrogen-bond acceptors (Lipinski definition) is 3. The summed E-state index contributed by atoms with van der Waals surface area (Å²) in [6, 6.07) is 6.15. The molecule has 2 aromatic carbocycles. The van der Waals surface area contributed by atoms with Crippen LogP contribution in [0.1, 0.15) is 0 Å². The zero-order valence-corrected chi connectivity index (χ0v) is 10.0. The van der Waals surface area contributed by atoms with Crippen LogP contribution in [0.4, 0.5) is 30.5 Å². The number of anilines is 3. The average molecular weight is 278 g/mol. The Bertz CT molecular complexity index is 774.